The van der Waals surface area contributed by atoms with Crippen LogP contribution in [0.25, 0.3) is 0 Å². The summed E-state index contributed by atoms with van der Waals surface area (Å²) in [6.07, 6.45) is 1.13. The van der Waals surface area contributed by atoms with E-state index in [1.165, 1.54) is 6.92 Å². The Bertz CT molecular complexity index is 141. The SMILES string of the molecule is C=CC(=O)[Si]OC(C)=O. The minimum absolute atomic E-state index is 0.259. The molecular formula is C5H6O3Si. The number of carbonyl (C=O) groups excluding carboxylic acids is 2. The van der Waals surface area contributed by atoms with Crippen LogP contribution < -0.4 is 0 Å². The molecule has 2 radical (unpaired) electrons. The van der Waals surface area contributed by atoms with Crippen LogP contribution in [0.5, 0.6) is 0 Å². The summed E-state index contributed by atoms with van der Waals surface area (Å²) in [6, 6.07) is 0. The standard InChI is InChI=1S/C5H6O3Si/c1-3-5(7)9-8-4(2)6/h3H,1H2,2H3. The summed E-state index contributed by atoms with van der Waals surface area (Å²) in [5, 5.41) is -0.259. The molecule has 0 rings (SSSR count). The number of rotatable bonds is 3. The Balaban J connectivity index is 3.39. The van der Waals surface area contributed by atoms with Gasteiger partial charge >= 0.3 is 9.76 Å². The zero-order valence-electron chi connectivity index (χ0n) is 5.01. The minimum Gasteiger partial charge on any atom is -0.508 e. The van der Waals surface area contributed by atoms with Gasteiger partial charge in [-0.1, -0.05) is 6.58 Å². The van der Waals surface area contributed by atoms with E-state index in [-0.39, 0.29) is 5.41 Å². The molecule has 0 amide bonds. The smallest absolute Gasteiger partial charge is 0.402 e. The molecule has 4 heteroatoms. The van der Waals surface area contributed by atoms with E-state index in [1.54, 1.807) is 0 Å². The largest absolute Gasteiger partial charge is 0.508 e. The summed E-state index contributed by atoms with van der Waals surface area (Å²) in [4.78, 5) is 20.4. The van der Waals surface area contributed by atoms with Crippen molar-refractivity contribution in [2.75, 3.05) is 0 Å². The maximum atomic E-state index is 10.3. The predicted molar refractivity (Wildman–Crippen MR) is 32.7 cm³/mol. The molecule has 3 nitrogen and oxygen atoms in total. The molecule has 0 aliphatic heterocycles. The summed E-state index contributed by atoms with van der Waals surface area (Å²) >= 11 is 0. The van der Waals surface area contributed by atoms with Crippen LogP contribution in [-0.4, -0.2) is 21.1 Å². The summed E-state index contributed by atoms with van der Waals surface area (Å²) in [7, 11) is -0.420. The van der Waals surface area contributed by atoms with E-state index in [2.05, 4.69) is 11.0 Å². The van der Waals surface area contributed by atoms with Crippen LogP contribution >= 0.6 is 0 Å². The van der Waals surface area contributed by atoms with Gasteiger partial charge in [-0.3, -0.25) is 9.59 Å². The van der Waals surface area contributed by atoms with Crippen molar-refractivity contribution < 1.29 is 14.0 Å². The Morgan fingerprint density at radius 1 is 1.67 bits per heavy atom. The van der Waals surface area contributed by atoms with Crippen molar-refractivity contribution in [1.29, 1.82) is 0 Å². The Morgan fingerprint density at radius 3 is 2.56 bits per heavy atom. The Kier molecular flexibility index (Phi) is 3.62. The fraction of sp³-hybridized carbons (Fsp3) is 0.200. The van der Waals surface area contributed by atoms with Crippen LogP contribution in [0.15, 0.2) is 12.7 Å². The Morgan fingerprint density at radius 2 is 2.22 bits per heavy atom. The molecular weight excluding hydrogens is 136 g/mol. The van der Waals surface area contributed by atoms with Gasteiger partial charge in [0.1, 0.15) is 0 Å². The quantitative estimate of drug-likeness (QED) is 0.407. The van der Waals surface area contributed by atoms with E-state index < -0.39 is 15.7 Å². The highest BCUT2D eigenvalue weighted by atomic mass is 28.2. The Hall–Kier alpha value is -0.903. The molecule has 0 N–H and O–H groups in total. The average molecular weight is 142 g/mol. The van der Waals surface area contributed by atoms with Gasteiger partial charge in [0, 0.05) is 6.92 Å². The third-order valence-corrected chi connectivity index (χ3v) is 1.28. The molecule has 0 fully saturated rings. The van der Waals surface area contributed by atoms with Crippen LogP contribution in [0.1, 0.15) is 6.92 Å². The van der Waals surface area contributed by atoms with Crippen LogP contribution in [0.3, 0.4) is 0 Å². The van der Waals surface area contributed by atoms with Gasteiger partial charge in [0.15, 0.2) is 5.41 Å². The van der Waals surface area contributed by atoms with Crippen molar-refractivity contribution in [3.05, 3.63) is 12.7 Å². The number of allylic oxidation sites excluding steroid dienone is 1. The first-order valence-corrected chi connectivity index (χ1v) is 3.17. The van der Waals surface area contributed by atoms with Gasteiger partial charge in [-0.15, -0.1) is 0 Å². The highest BCUT2D eigenvalue weighted by Crippen LogP contribution is 1.74. The molecule has 0 bridgehead atoms. The number of hydrogen-bond acceptors (Lipinski definition) is 3. The van der Waals surface area contributed by atoms with Gasteiger partial charge in [0.05, 0.1) is 0 Å². The highest BCUT2D eigenvalue weighted by molar-refractivity contribution is 6.72. The summed E-state index contributed by atoms with van der Waals surface area (Å²) in [5.41, 5.74) is 0. The van der Waals surface area contributed by atoms with E-state index in [0.717, 1.165) is 6.08 Å². The lowest BCUT2D eigenvalue weighted by Crippen LogP contribution is -2.12. The van der Waals surface area contributed by atoms with Gasteiger partial charge in [-0.05, 0) is 6.08 Å². The van der Waals surface area contributed by atoms with E-state index in [1.807, 2.05) is 0 Å². The fourth-order valence-electron chi connectivity index (χ4n) is 0.164. The number of carbonyl (C=O) groups is 2. The monoisotopic (exact) mass is 142 g/mol. The Labute approximate surface area is 55.6 Å². The minimum atomic E-state index is -0.441. The lowest BCUT2D eigenvalue weighted by atomic mass is 10.7. The van der Waals surface area contributed by atoms with Crippen LogP contribution in [0.4, 0.5) is 0 Å². The van der Waals surface area contributed by atoms with Gasteiger partial charge in [0.25, 0.3) is 5.97 Å². The fourth-order valence-corrected chi connectivity index (χ4v) is 0.491. The molecule has 0 heterocycles. The lowest BCUT2D eigenvalue weighted by Gasteiger charge is -1.91. The first-order chi connectivity index (χ1) is 4.16. The van der Waals surface area contributed by atoms with Crippen molar-refractivity contribution in [3.8, 4) is 0 Å². The predicted octanol–water partition coefficient (Wildman–Crippen LogP) is -0.119. The summed E-state index contributed by atoms with van der Waals surface area (Å²) < 4.78 is 4.36. The molecule has 0 aliphatic rings. The second-order valence-corrected chi connectivity index (χ2v) is 2.17. The summed E-state index contributed by atoms with van der Waals surface area (Å²) in [5.74, 6) is -0.441. The van der Waals surface area contributed by atoms with Crippen LogP contribution in [0.2, 0.25) is 0 Å². The van der Waals surface area contributed by atoms with E-state index in [0.29, 0.717) is 0 Å². The normalized spacial score (nSPS) is 8.11. The van der Waals surface area contributed by atoms with Gasteiger partial charge in [-0.2, -0.15) is 0 Å². The maximum Gasteiger partial charge on any atom is 0.402 e. The third kappa shape index (κ3) is 4.96. The van der Waals surface area contributed by atoms with E-state index >= 15 is 0 Å². The molecule has 0 saturated carbocycles. The molecule has 0 aliphatic carbocycles. The second kappa shape index (κ2) is 4.02. The lowest BCUT2D eigenvalue weighted by molar-refractivity contribution is -0.132. The number of hydrogen-bond donors (Lipinski definition) is 0. The van der Waals surface area contributed by atoms with Crippen LogP contribution in [0, 0.1) is 0 Å². The first kappa shape index (κ1) is 8.10. The topological polar surface area (TPSA) is 43.4 Å². The average Bonchev–Trinajstić information content (AvgIpc) is 1.83. The second-order valence-electron chi connectivity index (χ2n) is 1.26. The van der Waals surface area contributed by atoms with Gasteiger partial charge in [-0.25, -0.2) is 0 Å². The molecule has 0 atom stereocenters. The highest BCUT2D eigenvalue weighted by Gasteiger charge is 2.01. The zero-order valence-corrected chi connectivity index (χ0v) is 6.01. The third-order valence-electron chi connectivity index (χ3n) is 0.481. The molecule has 0 spiro atoms. The van der Waals surface area contributed by atoms with Crippen molar-refractivity contribution in [3.63, 3.8) is 0 Å². The van der Waals surface area contributed by atoms with Gasteiger partial charge in [0.2, 0.25) is 0 Å². The van der Waals surface area contributed by atoms with E-state index in [4.69, 9.17) is 0 Å². The van der Waals surface area contributed by atoms with Crippen molar-refractivity contribution in [1.82, 2.24) is 0 Å². The molecule has 0 aromatic carbocycles. The molecule has 0 aromatic rings. The van der Waals surface area contributed by atoms with Crippen molar-refractivity contribution in [2.24, 2.45) is 0 Å². The molecule has 0 aromatic heterocycles. The maximum absolute atomic E-state index is 10.3. The molecule has 0 unspecified atom stereocenters. The van der Waals surface area contributed by atoms with Crippen molar-refractivity contribution >= 4 is 21.1 Å². The van der Waals surface area contributed by atoms with Gasteiger partial charge < -0.3 is 4.43 Å². The van der Waals surface area contributed by atoms with Crippen LogP contribution in [-0.2, 0) is 14.0 Å². The first-order valence-electron chi connectivity index (χ1n) is 2.26. The molecule has 9 heavy (non-hydrogen) atoms. The molecule has 0 saturated heterocycles. The summed E-state index contributed by atoms with van der Waals surface area (Å²) in [6.45, 7) is 4.46. The van der Waals surface area contributed by atoms with E-state index in [9.17, 15) is 9.59 Å². The zero-order chi connectivity index (χ0) is 7.28. The molecule has 48 valence electrons. The van der Waals surface area contributed by atoms with Crippen molar-refractivity contribution in [2.45, 2.75) is 6.92 Å².